The number of aryl methyl sites for hydroxylation is 1. The van der Waals surface area contributed by atoms with Gasteiger partial charge in [-0.15, -0.1) is 0 Å². The van der Waals surface area contributed by atoms with Crippen molar-refractivity contribution in [3.8, 4) is 6.07 Å². The molecule has 4 nitrogen and oxygen atoms in total. The third-order valence-electron chi connectivity index (χ3n) is 4.15. The van der Waals surface area contributed by atoms with Gasteiger partial charge in [-0.2, -0.15) is 5.26 Å². The number of nitriles is 1. The second-order valence-electron chi connectivity index (χ2n) is 5.72. The van der Waals surface area contributed by atoms with Crippen molar-refractivity contribution in [3.63, 3.8) is 0 Å². The minimum absolute atomic E-state index is 0.468. The molecule has 0 amide bonds. The Kier molecular flexibility index (Phi) is 3.72. The largest absolute Gasteiger partial charge is 0.328 e. The monoisotopic (exact) mass is 344 g/mol. The fraction of sp³-hybridized carbons (Fsp3) is 0.0500. The molecular weight excluding hydrogens is 332 g/mol. The molecular formula is C20H13ClN4. The van der Waals surface area contributed by atoms with E-state index in [1.807, 2.05) is 66.2 Å². The third-order valence-corrected chi connectivity index (χ3v) is 4.38. The summed E-state index contributed by atoms with van der Waals surface area (Å²) in [6.45, 7) is 0. The number of imidazole rings is 1. The first-order chi connectivity index (χ1) is 12.2. The maximum atomic E-state index is 9.61. The van der Waals surface area contributed by atoms with E-state index in [1.165, 1.54) is 0 Å². The highest BCUT2D eigenvalue weighted by molar-refractivity contribution is 6.31. The zero-order chi connectivity index (χ0) is 17.4. The molecule has 0 N–H and O–H groups in total. The smallest absolute Gasteiger partial charge is 0.134 e. The molecule has 2 aromatic carbocycles. The Balaban J connectivity index is 1.85. The minimum atomic E-state index is 0.468. The molecule has 2 aromatic heterocycles. The van der Waals surface area contributed by atoms with E-state index in [9.17, 15) is 5.26 Å². The fourth-order valence-corrected chi connectivity index (χ4v) is 3.00. The molecule has 25 heavy (non-hydrogen) atoms. The fourth-order valence-electron chi connectivity index (χ4n) is 2.83. The molecule has 0 saturated carbocycles. The van der Waals surface area contributed by atoms with E-state index in [2.05, 4.69) is 16.0 Å². The zero-order valence-corrected chi connectivity index (χ0v) is 14.2. The highest BCUT2D eigenvalue weighted by Gasteiger charge is 2.10. The van der Waals surface area contributed by atoms with Gasteiger partial charge in [0.2, 0.25) is 0 Å². The quantitative estimate of drug-likeness (QED) is 0.489. The number of aromatic nitrogens is 3. The lowest BCUT2D eigenvalue weighted by Gasteiger charge is -2.02. The van der Waals surface area contributed by atoms with Crippen molar-refractivity contribution in [1.29, 1.82) is 5.26 Å². The number of benzene rings is 2. The van der Waals surface area contributed by atoms with Gasteiger partial charge < -0.3 is 4.57 Å². The third kappa shape index (κ3) is 2.75. The van der Waals surface area contributed by atoms with Crippen LogP contribution < -0.4 is 0 Å². The van der Waals surface area contributed by atoms with Crippen LogP contribution in [0.15, 0.2) is 54.6 Å². The van der Waals surface area contributed by atoms with Crippen molar-refractivity contribution in [1.82, 2.24) is 14.5 Å². The Bertz CT molecular complexity index is 1180. The molecule has 0 unspecified atom stereocenters. The minimum Gasteiger partial charge on any atom is -0.328 e. The Hall–Kier alpha value is -3.16. The molecule has 2 heterocycles. The molecule has 0 aliphatic heterocycles. The van der Waals surface area contributed by atoms with Crippen molar-refractivity contribution in [3.05, 3.63) is 71.1 Å². The lowest BCUT2D eigenvalue weighted by molar-refractivity contribution is 0.930. The van der Waals surface area contributed by atoms with Gasteiger partial charge in [0.25, 0.3) is 0 Å². The van der Waals surface area contributed by atoms with Crippen LogP contribution in [0.4, 0.5) is 0 Å². The van der Waals surface area contributed by atoms with E-state index in [-0.39, 0.29) is 0 Å². The predicted octanol–water partition coefficient (Wildman–Crippen LogP) is 4.84. The molecule has 5 heteroatoms. The van der Waals surface area contributed by atoms with E-state index >= 15 is 0 Å². The average molecular weight is 345 g/mol. The summed E-state index contributed by atoms with van der Waals surface area (Å²) in [7, 11) is 1.91. The summed E-state index contributed by atoms with van der Waals surface area (Å²) in [6.07, 6.45) is 1.75. The van der Waals surface area contributed by atoms with Crippen LogP contribution in [-0.2, 0) is 7.05 Å². The molecule has 0 aliphatic carbocycles. The van der Waals surface area contributed by atoms with E-state index in [1.54, 1.807) is 6.08 Å². The topological polar surface area (TPSA) is 54.5 Å². The van der Waals surface area contributed by atoms with Gasteiger partial charge in [-0.05, 0) is 30.3 Å². The Morgan fingerprint density at radius 1 is 1.08 bits per heavy atom. The first kappa shape index (κ1) is 15.4. The van der Waals surface area contributed by atoms with Gasteiger partial charge in [-0.25, -0.2) is 9.97 Å². The highest BCUT2D eigenvalue weighted by atomic mass is 35.5. The summed E-state index contributed by atoms with van der Waals surface area (Å²) < 4.78 is 1.93. The number of pyridine rings is 1. The van der Waals surface area contributed by atoms with E-state index in [0.717, 1.165) is 21.9 Å². The average Bonchev–Trinajstić information content (AvgIpc) is 2.94. The number of nitrogens with zero attached hydrogens (tertiary/aromatic N) is 4. The summed E-state index contributed by atoms with van der Waals surface area (Å²) in [5, 5.41) is 11.3. The van der Waals surface area contributed by atoms with Crippen LogP contribution in [0.1, 0.15) is 11.5 Å². The molecule has 4 aromatic rings. The van der Waals surface area contributed by atoms with Gasteiger partial charge in [-0.3, -0.25) is 0 Å². The van der Waals surface area contributed by atoms with Crippen LogP contribution in [0.2, 0.25) is 5.02 Å². The number of fused-ring (bicyclic) bond motifs is 2. The van der Waals surface area contributed by atoms with Crippen molar-refractivity contribution in [2.24, 2.45) is 7.05 Å². The van der Waals surface area contributed by atoms with E-state index in [4.69, 9.17) is 11.6 Å². The molecule has 0 atom stereocenters. The summed E-state index contributed by atoms with van der Waals surface area (Å²) >= 11 is 6.04. The second kappa shape index (κ2) is 6.04. The van der Waals surface area contributed by atoms with E-state index < -0.39 is 0 Å². The van der Waals surface area contributed by atoms with Gasteiger partial charge >= 0.3 is 0 Å². The molecule has 4 rings (SSSR count). The van der Waals surface area contributed by atoms with Crippen LogP contribution in [0.25, 0.3) is 33.6 Å². The highest BCUT2D eigenvalue weighted by Crippen LogP contribution is 2.23. The number of halogens is 1. The summed E-state index contributed by atoms with van der Waals surface area (Å²) in [5.74, 6) is 0.684. The molecule has 0 radical (unpaired) electrons. The normalized spacial score (nSPS) is 11.8. The summed E-state index contributed by atoms with van der Waals surface area (Å²) in [6, 6.07) is 19.5. The predicted molar refractivity (Wildman–Crippen MR) is 101 cm³/mol. The number of hydrogen-bond donors (Lipinski definition) is 0. The maximum absolute atomic E-state index is 9.61. The number of allylic oxidation sites excluding steroid dienone is 1. The molecule has 0 spiro atoms. The van der Waals surface area contributed by atoms with Crippen molar-refractivity contribution < 1.29 is 0 Å². The Morgan fingerprint density at radius 3 is 2.76 bits per heavy atom. The lowest BCUT2D eigenvalue weighted by Crippen LogP contribution is -1.94. The summed E-state index contributed by atoms with van der Waals surface area (Å²) in [5.41, 5.74) is 3.71. The standard InChI is InChI=1S/C20H13ClN4/c1-25-19-9-7-15(21)11-18(19)24-20(25)10-14(12-22)17-8-6-13-4-2-3-5-16(13)23-17/h2-11H,1H3/b14-10+. The van der Waals surface area contributed by atoms with Crippen LogP contribution in [0, 0.1) is 11.3 Å². The van der Waals surface area contributed by atoms with Gasteiger partial charge in [0.05, 0.1) is 27.8 Å². The van der Waals surface area contributed by atoms with Crippen LogP contribution in [0.5, 0.6) is 0 Å². The van der Waals surface area contributed by atoms with Gasteiger partial charge in [0.1, 0.15) is 11.9 Å². The Morgan fingerprint density at radius 2 is 1.92 bits per heavy atom. The first-order valence-electron chi connectivity index (χ1n) is 7.75. The van der Waals surface area contributed by atoms with Crippen LogP contribution in [0.3, 0.4) is 0 Å². The molecule has 0 saturated heterocycles. The molecule has 0 bridgehead atoms. The number of para-hydroxylation sites is 1. The van der Waals surface area contributed by atoms with Gasteiger partial charge in [0.15, 0.2) is 0 Å². The SMILES string of the molecule is Cn1c(/C=C(\C#N)c2ccc3ccccc3n2)nc2cc(Cl)ccc21. The van der Waals surface area contributed by atoms with Crippen LogP contribution in [-0.4, -0.2) is 14.5 Å². The first-order valence-corrected chi connectivity index (χ1v) is 8.13. The van der Waals surface area contributed by atoms with Gasteiger partial charge in [-0.1, -0.05) is 35.9 Å². The van der Waals surface area contributed by atoms with Gasteiger partial charge in [0, 0.05) is 23.5 Å². The number of hydrogen-bond acceptors (Lipinski definition) is 3. The zero-order valence-electron chi connectivity index (χ0n) is 13.4. The lowest BCUT2D eigenvalue weighted by atomic mass is 10.1. The van der Waals surface area contributed by atoms with Crippen LogP contribution >= 0.6 is 11.6 Å². The maximum Gasteiger partial charge on any atom is 0.134 e. The molecule has 0 fully saturated rings. The Labute approximate surface area is 149 Å². The van der Waals surface area contributed by atoms with Crippen molar-refractivity contribution in [2.45, 2.75) is 0 Å². The molecule has 120 valence electrons. The number of rotatable bonds is 2. The van der Waals surface area contributed by atoms with E-state index in [0.29, 0.717) is 22.1 Å². The molecule has 0 aliphatic rings. The second-order valence-corrected chi connectivity index (χ2v) is 6.16. The van der Waals surface area contributed by atoms with Crippen molar-refractivity contribution >= 4 is 45.2 Å². The summed E-state index contributed by atoms with van der Waals surface area (Å²) in [4.78, 5) is 9.16. The van der Waals surface area contributed by atoms with Crippen molar-refractivity contribution in [2.75, 3.05) is 0 Å².